The maximum atomic E-state index is 9.20. The molecule has 114 valence electrons. The molecule has 1 saturated heterocycles. The van der Waals surface area contributed by atoms with Crippen molar-refractivity contribution in [3.8, 4) is 11.7 Å². The molecule has 1 aliphatic heterocycles. The summed E-state index contributed by atoms with van der Waals surface area (Å²) in [5, 5.41) is 16.6. The topological polar surface area (TPSA) is 87.6 Å². The third kappa shape index (κ3) is 3.69. The molecule has 2 N–H and O–H groups in total. The second-order valence-electron chi connectivity index (χ2n) is 5.25. The molecule has 1 atom stereocenters. The van der Waals surface area contributed by atoms with Crippen LogP contribution in [0.2, 0.25) is 0 Å². The van der Waals surface area contributed by atoms with Gasteiger partial charge in [-0.1, -0.05) is 5.16 Å². The number of nitrogens with one attached hydrogen (secondary N) is 1. The summed E-state index contributed by atoms with van der Waals surface area (Å²) in [4.78, 5) is 6.47. The number of aromatic nitrogens is 2. The van der Waals surface area contributed by atoms with E-state index in [1.165, 1.54) is 12.8 Å². The molecule has 0 amide bonds. The molecule has 1 fully saturated rings. The zero-order chi connectivity index (χ0) is 14.5. The van der Waals surface area contributed by atoms with Crippen molar-refractivity contribution in [3.63, 3.8) is 0 Å². The molecular weight excluding hydrogens is 272 g/mol. The fraction of sp³-hybridized carbons (Fsp3) is 0.571. The highest BCUT2D eigenvalue weighted by atomic mass is 16.5. The van der Waals surface area contributed by atoms with Gasteiger partial charge in [-0.3, -0.25) is 4.90 Å². The maximum Gasteiger partial charge on any atom is 0.293 e. The van der Waals surface area contributed by atoms with Gasteiger partial charge in [-0.15, -0.1) is 0 Å². The number of rotatable bonds is 7. The van der Waals surface area contributed by atoms with Crippen LogP contribution in [0.3, 0.4) is 0 Å². The van der Waals surface area contributed by atoms with Crippen LogP contribution in [-0.4, -0.2) is 52.4 Å². The highest BCUT2D eigenvalue weighted by Gasteiger charge is 2.20. The molecule has 0 bridgehead atoms. The van der Waals surface area contributed by atoms with Gasteiger partial charge in [0, 0.05) is 19.1 Å². The Morgan fingerprint density at radius 1 is 1.48 bits per heavy atom. The van der Waals surface area contributed by atoms with E-state index in [-0.39, 0.29) is 6.61 Å². The van der Waals surface area contributed by atoms with Gasteiger partial charge in [0.25, 0.3) is 5.89 Å². The summed E-state index contributed by atoms with van der Waals surface area (Å²) >= 11 is 0. The molecule has 1 aliphatic rings. The smallest absolute Gasteiger partial charge is 0.293 e. The molecular formula is C14H20N4O3. The van der Waals surface area contributed by atoms with Gasteiger partial charge in [0.05, 0.1) is 19.4 Å². The van der Waals surface area contributed by atoms with Crippen LogP contribution in [0.5, 0.6) is 0 Å². The first-order valence-electron chi connectivity index (χ1n) is 7.28. The first-order chi connectivity index (χ1) is 10.3. The number of nitrogens with zero attached hydrogens (tertiary/aromatic N) is 3. The number of hydrogen-bond acceptors (Lipinski definition) is 7. The van der Waals surface area contributed by atoms with Gasteiger partial charge in [0.2, 0.25) is 0 Å². The molecule has 2 aromatic heterocycles. The van der Waals surface area contributed by atoms with E-state index in [0.29, 0.717) is 36.6 Å². The molecule has 3 heterocycles. The van der Waals surface area contributed by atoms with E-state index in [1.54, 1.807) is 18.4 Å². The summed E-state index contributed by atoms with van der Waals surface area (Å²) in [6.45, 7) is 3.23. The molecule has 7 nitrogen and oxygen atoms in total. The molecule has 0 aromatic carbocycles. The van der Waals surface area contributed by atoms with Crippen molar-refractivity contribution in [2.24, 2.45) is 0 Å². The fourth-order valence-electron chi connectivity index (χ4n) is 2.62. The summed E-state index contributed by atoms with van der Waals surface area (Å²) in [7, 11) is 0. The van der Waals surface area contributed by atoms with Crippen LogP contribution >= 0.6 is 0 Å². The summed E-state index contributed by atoms with van der Waals surface area (Å²) in [6, 6.07) is 4.04. The largest absolute Gasteiger partial charge is 0.459 e. The van der Waals surface area contributed by atoms with Gasteiger partial charge in [0.15, 0.2) is 11.6 Å². The summed E-state index contributed by atoms with van der Waals surface area (Å²) in [5.74, 6) is 1.56. The third-order valence-electron chi connectivity index (χ3n) is 3.62. The van der Waals surface area contributed by atoms with Crippen LogP contribution in [0.15, 0.2) is 27.3 Å². The van der Waals surface area contributed by atoms with Gasteiger partial charge in [-0.25, -0.2) is 0 Å². The van der Waals surface area contributed by atoms with Crippen molar-refractivity contribution in [2.45, 2.75) is 25.4 Å². The summed E-state index contributed by atoms with van der Waals surface area (Å²) < 4.78 is 10.4. The molecule has 0 spiro atoms. The number of aliphatic hydroxyl groups excluding tert-OH is 1. The van der Waals surface area contributed by atoms with Crippen molar-refractivity contribution < 1.29 is 14.0 Å². The maximum absolute atomic E-state index is 9.20. The van der Waals surface area contributed by atoms with E-state index in [1.807, 2.05) is 0 Å². The zero-order valence-corrected chi connectivity index (χ0v) is 11.9. The average molecular weight is 292 g/mol. The van der Waals surface area contributed by atoms with Crippen LogP contribution in [0, 0.1) is 0 Å². The Morgan fingerprint density at radius 3 is 3.14 bits per heavy atom. The van der Waals surface area contributed by atoms with Crippen molar-refractivity contribution in [1.82, 2.24) is 20.4 Å². The van der Waals surface area contributed by atoms with Crippen LogP contribution in [-0.2, 0) is 6.54 Å². The first kappa shape index (κ1) is 14.2. The van der Waals surface area contributed by atoms with Crippen LogP contribution in [0.25, 0.3) is 11.7 Å². The minimum absolute atomic E-state index is 0.121. The lowest BCUT2D eigenvalue weighted by Crippen LogP contribution is -2.38. The van der Waals surface area contributed by atoms with Crippen LogP contribution < -0.4 is 5.32 Å². The molecule has 0 saturated carbocycles. The van der Waals surface area contributed by atoms with E-state index < -0.39 is 0 Å². The highest BCUT2D eigenvalue weighted by Crippen LogP contribution is 2.17. The molecule has 2 aromatic rings. The monoisotopic (exact) mass is 292 g/mol. The Kier molecular flexibility index (Phi) is 4.64. The second kappa shape index (κ2) is 6.84. The minimum atomic E-state index is 0.121. The van der Waals surface area contributed by atoms with Gasteiger partial charge in [-0.2, -0.15) is 4.98 Å². The lowest BCUT2D eigenvalue weighted by molar-refractivity contribution is 0.174. The SMILES string of the molecule is OCCN(Cc1noc(-c2ccco2)n1)CC1CCCN1. The number of aliphatic hydroxyl groups is 1. The molecule has 3 rings (SSSR count). The average Bonchev–Trinajstić information content (AvgIpc) is 3.21. The predicted molar refractivity (Wildman–Crippen MR) is 75.4 cm³/mol. The third-order valence-corrected chi connectivity index (χ3v) is 3.62. The van der Waals surface area contributed by atoms with Crippen molar-refractivity contribution in [2.75, 3.05) is 26.2 Å². The van der Waals surface area contributed by atoms with Crippen molar-refractivity contribution >= 4 is 0 Å². The Labute approximate surface area is 122 Å². The molecule has 1 unspecified atom stereocenters. The van der Waals surface area contributed by atoms with E-state index in [2.05, 4.69) is 20.4 Å². The molecule has 0 radical (unpaired) electrons. The van der Waals surface area contributed by atoms with Gasteiger partial charge >= 0.3 is 0 Å². The Bertz CT molecular complexity index is 534. The summed E-state index contributed by atoms with van der Waals surface area (Å²) in [5.41, 5.74) is 0. The highest BCUT2D eigenvalue weighted by molar-refractivity contribution is 5.42. The van der Waals surface area contributed by atoms with Crippen molar-refractivity contribution in [3.05, 3.63) is 24.2 Å². The predicted octanol–water partition coefficient (Wildman–Crippen LogP) is 0.876. The van der Waals surface area contributed by atoms with Gasteiger partial charge in [-0.05, 0) is 31.5 Å². The number of furan rings is 1. The lowest BCUT2D eigenvalue weighted by Gasteiger charge is -2.23. The second-order valence-corrected chi connectivity index (χ2v) is 5.25. The first-order valence-corrected chi connectivity index (χ1v) is 7.28. The minimum Gasteiger partial charge on any atom is -0.459 e. The Balaban J connectivity index is 1.62. The van der Waals surface area contributed by atoms with Crippen LogP contribution in [0.4, 0.5) is 0 Å². The Hall–Kier alpha value is -1.70. The fourth-order valence-corrected chi connectivity index (χ4v) is 2.62. The van der Waals surface area contributed by atoms with E-state index in [0.717, 1.165) is 13.1 Å². The normalized spacial score (nSPS) is 18.7. The standard InChI is InChI=1S/C14H20N4O3/c19-7-6-18(9-11-3-1-5-15-11)10-13-16-14(21-17-13)12-4-2-8-20-12/h2,4,8,11,15,19H,1,3,5-7,9-10H2. The summed E-state index contributed by atoms with van der Waals surface area (Å²) in [6.07, 6.45) is 3.96. The quantitative estimate of drug-likeness (QED) is 0.783. The van der Waals surface area contributed by atoms with E-state index in [9.17, 15) is 5.11 Å². The molecule has 0 aliphatic carbocycles. The Morgan fingerprint density at radius 2 is 2.43 bits per heavy atom. The van der Waals surface area contributed by atoms with E-state index in [4.69, 9.17) is 8.94 Å². The zero-order valence-electron chi connectivity index (χ0n) is 11.9. The van der Waals surface area contributed by atoms with Gasteiger partial charge in [0.1, 0.15) is 0 Å². The lowest BCUT2D eigenvalue weighted by atomic mass is 10.2. The van der Waals surface area contributed by atoms with Crippen LogP contribution in [0.1, 0.15) is 18.7 Å². The molecule has 21 heavy (non-hydrogen) atoms. The van der Waals surface area contributed by atoms with Gasteiger partial charge < -0.3 is 19.4 Å². The number of hydrogen-bond donors (Lipinski definition) is 2. The van der Waals surface area contributed by atoms with E-state index >= 15 is 0 Å². The molecule has 7 heteroatoms. The van der Waals surface area contributed by atoms with Crippen molar-refractivity contribution in [1.29, 1.82) is 0 Å².